The molecule has 1 aliphatic carbocycles. The molecule has 1 saturated carbocycles. The predicted molar refractivity (Wildman–Crippen MR) is 55.9 cm³/mol. The van der Waals surface area contributed by atoms with Gasteiger partial charge >= 0.3 is 0 Å². The van der Waals surface area contributed by atoms with Crippen molar-refractivity contribution in [3.8, 4) is 0 Å². The first kappa shape index (κ1) is 11.5. The molecule has 82 valence electrons. The molecule has 0 aromatic rings. The first-order chi connectivity index (χ1) is 6.46. The third kappa shape index (κ3) is 2.47. The van der Waals surface area contributed by atoms with Crippen molar-refractivity contribution in [2.45, 2.75) is 58.1 Å². The van der Waals surface area contributed by atoms with E-state index in [2.05, 4.69) is 19.2 Å². The van der Waals surface area contributed by atoms with Crippen LogP contribution in [0.5, 0.6) is 0 Å². The second-order valence-electron chi connectivity index (χ2n) is 4.74. The lowest BCUT2D eigenvalue weighted by Crippen LogP contribution is -2.49. The van der Waals surface area contributed by atoms with Crippen LogP contribution in [0.25, 0.3) is 0 Å². The largest absolute Gasteiger partial charge is 0.380 e. The number of carbonyl (C=O) groups is 1. The Morgan fingerprint density at radius 1 is 1.29 bits per heavy atom. The maximum atomic E-state index is 11.7. The average Bonchev–Trinajstić information content (AvgIpc) is 2.53. The van der Waals surface area contributed by atoms with Crippen LogP contribution in [-0.2, 0) is 4.79 Å². The van der Waals surface area contributed by atoms with Gasteiger partial charge in [0.2, 0.25) is 0 Å². The van der Waals surface area contributed by atoms with E-state index < -0.39 is 5.60 Å². The van der Waals surface area contributed by atoms with Gasteiger partial charge in [-0.05, 0) is 38.5 Å². The molecule has 1 amide bonds. The molecular weight excluding hydrogens is 178 g/mol. The van der Waals surface area contributed by atoms with Crippen molar-refractivity contribution < 1.29 is 9.90 Å². The molecule has 3 nitrogen and oxygen atoms in total. The van der Waals surface area contributed by atoms with Crippen LogP contribution in [0.3, 0.4) is 0 Å². The monoisotopic (exact) mass is 199 g/mol. The van der Waals surface area contributed by atoms with Crippen molar-refractivity contribution in [2.24, 2.45) is 5.92 Å². The highest BCUT2D eigenvalue weighted by atomic mass is 16.3. The van der Waals surface area contributed by atoms with Crippen LogP contribution in [0.4, 0.5) is 0 Å². The number of rotatable bonds is 3. The van der Waals surface area contributed by atoms with Gasteiger partial charge in [-0.25, -0.2) is 0 Å². The van der Waals surface area contributed by atoms with Crippen molar-refractivity contribution in [2.75, 3.05) is 0 Å². The van der Waals surface area contributed by atoms with Gasteiger partial charge in [-0.1, -0.05) is 13.8 Å². The summed E-state index contributed by atoms with van der Waals surface area (Å²) in [5.41, 5.74) is -1.08. The van der Waals surface area contributed by atoms with Crippen LogP contribution < -0.4 is 5.32 Å². The third-order valence-electron chi connectivity index (χ3n) is 3.21. The van der Waals surface area contributed by atoms with E-state index in [1.165, 1.54) is 0 Å². The minimum absolute atomic E-state index is 0.132. The summed E-state index contributed by atoms with van der Waals surface area (Å²) in [7, 11) is 0. The highest BCUT2D eigenvalue weighted by Gasteiger charge is 2.39. The summed E-state index contributed by atoms with van der Waals surface area (Å²) in [4.78, 5) is 11.7. The second-order valence-corrected chi connectivity index (χ2v) is 4.74. The number of aliphatic hydroxyl groups is 1. The molecule has 1 fully saturated rings. The molecule has 0 aromatic carbocycles. The van der Waals surface area contributed by atoms with E-state index in [0.29, 0.717) is 18.8 Å². The van der Waals surface area contributed by atoms with Crippen LogP contribution >= 0.6 is 0 Å². The van der Waals surface area contributed by atoms with E-state index in [1.54, 1.807) is 0 Å². The van der Waals surface area contributed by atoms with Crippen LogP contribution in [0.2, 0.25) is 0 Å². The van der Waals surface area contributed by atoms with Crippen molar-refractivity contribution in [3.63, 3.8) is 0 Å². The lowest BCUT2D eigenvalue weighted by Gasteiger charge is -2.25. The second kappa shape index (κ2) is 4.30. The highest BCUT2D eigenvalue weighted by molar-refractivity contribution is 5.85. The first-order valence-corrected chi connectivity index (χ1v) is 5.49. The molecule has 0 unspecified atom stereocenters. The number of amides is 1. The number of carbonyl (C=O) groups excluding carboxylic acids is 1. The molecule has 0 aromatic heterocycles. The predicted octanol–water partition coefficient (Wildman–Crippen LogP) is 1.45. The van der Waals surface area contributed by atoms with Gasteiger partial charge in [0, 0.05) is 6.04 Å². The maximum Gasteiger partial charge on any atom is 0.252 e. The van der Waals surface area contributed by atoms with Gasteiger partial charge in [-0.15, -0.1) is 0 Å². The molecular formula is C11H21NO2. The van der Waals surface area contributed by atoms with Gasteiger partial charge in [0.05, 0.1) is 0 Å². The quantitative estimate of drug-likeness (QED) is 0.723. The van der Waals surface area contributed by atoms with Crippen molar-refractivity contribution in [3.05, 3.63) is 0 Å². The molecule has 1 atom stereocenters. The molecule has 3 heteroatoms. The summed E-state index contributed by atoms with van der Waals surface area (Å²) in [6, 6.07) is 0.132. The fourth-order valence-electron chi connectivity index (χ4n) is 1.69. The number of hydrogen-bond acceptors (Lipinski definition) is 2. The van der Waals surface area contributed by atoms with Crippen LogP contribution in [0, 0.1) is 5.92 Å². The summed E-state index contributed by atoms with van der Waals surface area (Å²) in [6.07, 6.45) is 3.15. The van der Waals surface area contributed by atoms with Crippen LogP contribution in [0.15, 0.2) is 0 Å². The summed E-state index contributed by atoms with van der Waals surface area (Å²) in [5, 5.41) is 12.9. The lowest BCUT2D eigenvalue weighted by atomic mass is 9.99. The Morgan fingerprint density at radius 3 is 2.21 bits per heavy atom. The molecule has 0 spiro atoms. The summed E-state index contributed by atoms with van der Waals surface area (Å²) >= 11 is 0. The average molecular weight is 199 g/mol. The smallest absolute Gasteiger partial charge is 0.252 e. The zero-order valence-corrected chi connectivity index (χ0v) is 9.34. The molecule has 1 aliphatic rings. The Balaban J connectivity index is 2.49. The Labute approximate surface area is 85.9 Å². The Kier molecular flexibility index (Phi) is 3.53. The molecule has 2 N–H and O–H groups in total. The van der Waals surface area contributed by atoms with Crippen LogP contribution in [-0.4, -0.2) is 22.7 Å². The molecule has 14 heavy (non-hydrogen) atoms. The van der Waals surface area contributed by atoms with Crippen molar-refractivity contribution in [1.82, 2.24) is 5.32 Å². The molecule has 0 bridgehead atoms. The zero-order valence-electron chi connectivity index (χ0n) is 9.34. The normalized spacial score (nSPS) is 22.4. The van der Waals surface area contributed by atoms with Gasteiger partial charge in [-0.2, -0.15) is 0 Å². The van der Waals surface area contributed by atoms with Crippen molar-refractivity contribution in [1.29, 1.82) is 0 Å². The van der Waals surface area contributed by atoms with E-state index in [0.717, 1.165) is 12.8 Å². The third-order valence-corrected chi connectivity index (χ3v) is 3.21. The summed E-state index contributed by atoms with van der Waals surface area (Å²) in [5.74, 6) is 0.222. The standard InChI is InChI=1S/C11H21NO2/c1-8(2)9(3)12-10(13)11(14)6-4-5-7-11/h8-9,14H,4-7H2,1-3H3,(H,12,13)/t9-/m1/s1. The first-order valence-electron chi connectivity index (χ1n) is 5.49. The Morgan fingerprint density at radius 2 is 1.79 bits per heavy atom. The fourth-order valence-corrected chi connectivity index (χ4v) is 1.69. The summed E-state index contributed by atoms with van der Waals surface area (Å²) < 4.78 is 0. The van der Waals surface area contributed by atoms with E-state index in [-0.39, 0.29) is 11.9 Å². The molecule has 0 saturated heterocycles. The van der Waals surface area contributed by atoms with Gasteiger partial charge in [0.1, 0.15) is 5.60 Å². The van der Waals surface area contributed by atoms with Gasteiger partial charge in [-0.3, -0.25) is 4.79 Å². The fraction of sp³-hybridized carbons (Fsp3) is 0.909. The van der Waals surface area contributed by atoms with E-state index in [4.69, 9.17) is 0 Å². The Hall–Kier alpha value is -0.570. The molecule has 1 rings (SSSR count). The van der Waals surface area contributed by atoms with Gasteiger partial charge in [0.25, 0.3) is 5.91 Å². The number of hydrogen-bond donors (Lipinski definition) is 2. The summed E-state index contributed by atoms with van der Waals surface area (Å²) in [6.45, 7) is 6.09. The van der Waals surface area contributed by atoms with Gasteiger partial charge < -0.3 is 10.4 Å². The molecule has 0 radical (unpaired) electrons. The topological polar surface area (TPSA) is 49.3 Å². The lowest BCUT2D eigenvalue weighted by molar-refractivity contribution is -0.140. The van der Waals surface area contributed by atoms with E-state index in [1.807, 2.05) is 6.92 Å². The minimum atomic E-state index is -1.08. The molecule has 0 heterocycles. The number of nitrogens with one attached hydrogen (secondary N) is 1. The minimum Gasteiger partial charge on any atom is -0.380 e. The van der Waals surface area contributed by atoms with Gasteiger partial charge in [0.15, 0.2) is 0 Å². The Bertz CT molecular complexity index is 207. The molecule has 0 aliphatic heterocycles. The van der Waals surface area contributed by atoms with Crippen molar-refractivity contribution >= 4 is 5.91 Å². The SMILES string of the molecule is CC(C)[C@@H](C)NC(=O)C1(O)CCCC1. The van der Waals surface area contributed by atoms with E-state index >= 15 is 0 Å². The maximum absolute atomic E-state index is 11.7. The highest BCUT2D eigenvalue weighted by Crippen LogP contribution is 2.29. The van der Waals surface area contributed by atoms with E-state index in [9.17, 15) is 9.90 Å². The van der Waals surface area contributed by atoms with Crippen LogP contribution in [0.1, 0.15) is 46.5 Å². The zero-order chi connectivity index (χ0) is 10.8.